The highest BCUT2D eigenvalue weighted by molar-refractivity contribution is 6.06. The third kappa shape index (κ3) is 2.46. The van der Waals surface area contributed by atoms with Gasteiger partial charge in [-0.3, -0.25) is 4.79 Å². The van der Waals surface area contributed by atoms with E-state index in [1.807, 2.05) is 6.92 Å². The third-order valence-corrected chi connectivity index (χ3v) is 3.57. The first kappa shape index (κ1) is 12.8. The molecule has 5 heteroatoms. The van der Waals surface area contributed by atoms with Gasteiger partial charge in [0.2, 0.25) is 5.91 Å². The minimum absolute atomic E-state index is 0.0227. The number of nitrogens with zero attached hydrogens (tertiary/aromatic N) is 1. The van der Waals surface area contributed by atoms with E-state index in [-0.39, 0.29) is 17.8 Å². The second-order valence-electron chi connectivity index (χ2n) is 4.63. The largest absolute Gasteiger partial charge is 0.409 e. The van der Waals surface area contributed by atoms with Crippen LogP contribution in [0, 0.1) is 5.41 Å². The van der Waals surface area contributed by atoms with Crippen molar-refractivity contribution in [1.82, 2.24) is 5.32 Å². The SMILES string of the molecule is CCC(C)(C(=O)NC1CCCC1)C(N)=NO. The first-order valence-corrected chi connectivity index (χ1v) is 5.83. The standard InChI is InChI=1S/C11H21N3O2/c1-3-11(2,9(12)14-16)10(15)13-8-6-4-5-7-8/h8,16H,3-7H2,1-2H3,(H2,12,14)(H,13,15). The summed E-state index contributed by atoms with van der Waals surface area (Å²) in [5.74, 6) is -0.164. The maximum absolute atomic E-state index is 12.1. The van der Waals surface area contributed by atoms with Gasteiger partial charge in [0.25, 0.3) is 0 Å². The van der Waals surface area contributed by atoms with Crippen molar-refractivity contribution in [1.29, 1.82) is 0 Å². The van der Waals surface area contributed by atoms with E-state index in [1.54, 1.807) is 6.92 Å². The molecule has 0 aromatic heterocycles. The number of amidine groups is 1. The molecule has 1 fully saturated rings. The molecule has 1 rings (SSSR count). The van der Waals surface area contributed by atoms with Gasteiger partial charge in [0.15, 0.2) is 5.84 Å². The van der Waals surface area contributed by atoms with Crippen molar-refractivity contribution < 1.29 is 10.0 Å². The van der Waals surface area contributed by atoms with Gasteiger partial charge in [0.1, 0.15) is 5.41 Å². The fourth-order valence-electron chi connectivity index (χ4n) is 1.98. The molecule has 1 atom stereocenters. The van der Waals surface area contributed by atoms with Crippen LogP contribution in [0.3, 0.4) is 0 Å². The summed E-state index contributed by atoms with van der Waals surface area (Å²) in [4.78, 5) is 12.1. The summed E-state index contributed by atoms with van der Waals surface area (Å²) in [6.07, 6.45) is 4.90. The summed E-state index contributed by atoms with van der Waals surface area (Å²) in [6, 6.07) is 0.255. The van der Waals surface area contributed by atoms with Crippen LogP contribution >= 0.6 is 0 Å². The second kappa shape index (κ2) is 5.18. The minimum atomic E-state index is -0.905. The number of carbonyl (C=O) groups is 1. The Morgan fingerprint density at radius 2 is 2.12 bits per heavy atom. The number of nitrogens with one attached hydrogen (secondary N) is 1. The molecule has 1 aliphatic rings. The van der Waals surface area contributed by atoms with Crippen LogP contribution in [0.5, 0.6) is 0 Å². The van der Waals surface area contributed by atoms with E-state index in [9.17, 15) is 4.79 Å². The Labute approximate surface area is 96.1 Å². The fraction of sp³-hybridized carbons (Fsp3) is 0.818. The Hall–Kier alpha value is -1.26. The van der Waals surface area contributed by atoms with Gasteiger partial charge >= 0.3 is 0 Å². The van der Waals surface area contributed by atoms with Gasteiger partial charge in [-0.15, -0.1) is 0 Å². The van der Waals surface area contributed by atoms with Crippen LogP contribution in [0.4, 0.5) is 0 Å². The van der Waals surface area contributed by atoms with Crippen LogP contribution in [0.25, 0.3) is 0 Å². The Balaban J connectivity index is 2.68. The van der Waals surface area contributed by atoms with E-state index in [1.165, 1.54) is 0 Å². The first-order valence-electron chi connectivity index (χ1n) is 5.83. The highest BCUT2D eigenvalue weighted by Crippen LogP contribution is 2.24. The minimum Gasteiger partial charge on any atom is -0.409 e. The monoisotopic (exact) mass is 227 g/mol. The van der Waals surface area contributed by atoms with Gasteiger partial charge in [-0.1, -0.05) is 24.9 Å². The summed E-state index contributed by atoms with van der Waals surface area (Å²) in [7, 11) is 0. The van der Waals surface area contributed by atoms with Crippen LogP contribution in [0.1, 0.15) is 46.0 Å². The van der Waals surface area contributed by atoms with Gasteiger partial charge in [-0.25, -0.2) is 0 Å². The van der Waals surface area contributed by atoms with Gasteiger partial charge < -0.3 is 16.3 Å². The van der Waals surface area contributed by atoms with Crippen molar-refractivity contribution in [3.63, 3.8) is 0 Å². The highest BCUT2D eigenvalue weighted by Gasteiger charge is 2.37. The van der Waals surface area contributed by atoms with E-state index < -0.39 is 5.41 Å². The zero-order chi connectivity index (χ0) is 12.2. The van der Waals surface area contributed by atoms with Crippen molar-refractivity contribution in [3.8, 4) is 0 Å². The van der Waals surface area contributed by atoms with E-state index in [2.05, 4.69) is 10.5 Å². The van der Waals surface area contributed by atoms with Crippen molar-refractivity contribution in [2.45, 2.75) is 52.0 Å². The van der Waals surface area contributed by atoms with Crippen molar-refractivity contribution in [3.05, 3.63) is 0 Å². The Kier molecular flexibility index (Phi) is 4.15. The number of hydrogen-bond acceptors (Lipinski definition) is 3. The molecule has 0 aliphatic heterocycles. The Bertz CT molecular complexity index is 285. The maximum Gasteiger partial charge on any atom is 0.233 e. The highest BCUT2D eigenvalue weighted by atomic mass is 16.4. The quantitative estimate of drug-likeness (QED) is 0.292. The van der Waals surface area contributed by atoms with Crippen LogP contribution in [0.15, 0.2) is 5.16 Å². The summed E-state index contributed by atoms with van der Waals surface area (Å²) in [5.41, 5.74) is 4.67. The average Bonchev–Trinajstić information content (AvgIpc) is 2.79. The molecule has 0 bridgehead atoms. The molecule has 1 aliphatic carbocycles. The van der Waals surface area contributed by atoms with Gasteiger partial charge in [0, 0.05) is 6.04 Å². The predicted molar refractivity (Wildman–Crippen MR) is 62.2 cm³/mol. The zero-order valence-electron chi connectivity index (χ0n) is 9.99. The number of amides is 1. The van der Waals surface area contributed by atoms with E-state index in [4.69, 9.17) is 10.9 Å². The van der Waals surface area contributed by atoms with E-state index >= 15 is 0 Å². The molecule has 0 aromatic rings. The lowest BCUT2D eigenvalue weighted by Crippen LogP contribution is -2.50. The van der Waals surface area contributed by atoms with Crippen LogP contribution in [0.2, 0.25) is 0 Å². The molecular formula is C11H21N3O2. The molecule has 1 unspecified atom stereocenters. The van der Waals surface area contributed by atoms with Crippen LogP contribution < -0.4 is 11.1 Å². The molecule has 0 aromatic carbocycles. The lowest BCUT2D eigenvalue weighted by molar-refractivity contribution is -0.127. The predicted octanol–water partition coefficient (Wildman–Crippen LogP) is 1.21. The lowest BCUT2D eigenvalue weighted by atomic mass is 9.85. The molecule has 0 heterocycles. The molecule has 4 N–H and O–H groups in total. The second-order valence-corrected chi connectivity index (χ2v) is 4.63. The normalized spacial score (nSPS) is 21.8. The van der Waals surface area contributed by atoms with Gasteiger partial charge in [0.05, 0.1) is 0 Å². The molecule has 5 nitrogen and oxygen atoms in total. The zero-order valence-corrected chi connectivity index (χ0v) is 9.99. The molecular weight excluding hydrogens is 206 g/mol. The van der Waals surface area contributed by atoms with Crippen molar-refractivity contribution in [2.75, 3.05) is 0 Å². The fourth-order valence-corrected chi connectivity index (χ4v) is 1.98. The van der Waals surface area contributed by atoms with Crippen LogP contribution in [-0.2, 0) is 4.79 Å². The third-order valence-electron chi connectivity index (χ3n) is 3.57. The van der Waals surface area contributed by atoms with Gasteiger partial charge in [-0.2, -0.15) is 0 Å². The smallest absolute Gasteiger partial charge is 0.233 e. The van der Waals surface area contributed by atoms with E-state index in [0.29, 0.717) is 6.42 Å². The summed E-state index contributed by atoms with van der Waals surface area (Å²) in [6.45, 7) is 3.55. The molecule has 0 saturated heterocycles. The summed E-state index contributed by atoms with van der Waals surface area (Å²) in [5, 5.41) is 14.6. The Morgan fingerprint density at radius 3 is 2.56 bits per heavy atom. The number of carbonyl (C=O) groups excluding carboxylic acids is 1. The number of oxime groups is 1. The average molecular weight is 227 g/mol. The molecule has 92 valence electrons. The molecule has 1 amide bonds. The number of hydrogen-bond donors (Lipinski definition) is 3. The summed E-state index contributed by atoms with van der Waals surface area (Å²) >= 11 is 0. The van der Waals surface area contributed by atoms with Crippen LogP contribution in [-0.4, -0.2) is 23.0 Å². The molecule has 1 saturated carbocycles. The first-order chi connectivity index (χ1) is 7.54. The number of nitrogens with two attached hydrogens (primary N) is 1. The number of rotatable bonds is 4. The van der Waals surface area contributed by atoms with Gasteiger partial charge in [-0.05, 0) is 26.2 Å². The maximum atomic E-state index is 12.1. The van der Waals surface area contributed by atoms with E-state index in [0.717, 1.165) is 25.7 Å². The lowest BCUT2D eigenvalue weighted by Gasteiger charge is -2.27. The van der Waals surface area contributed by atoms with Crippen molar-refractivity contribution in [2.24, 2.45) is 16.3 Å². The Morgan fingerprint density at radius 1 is 1.56 bits per heavy atom. The molecule has 0 spiro atoms. The topological polar surface area (TPSA) is 87.7 Å². The molecule has 0 radical (unpaired) electrons. The molecule has 16 heavy (non-hydrogen) atoms. The summed E-state index contributed by atoms with van der Waals surface area (Å²) < 4.78 is 0. The van der Waals surface area contributed by atoms with Crippen molar-refractivity contribution >= 4 is 11.7 Å².